The molecule has 1 N–H and O–H groups in total. The van der Waals surface area contributed by atoms with Crippen molar-refractivity contribution in [3.8, 4) is 0 Å². The first-order valence-electron chi connectivity index (χ1n) is 7.91. The minimum atomic E-state index is -0.668. The lowest BCUT2D eigenvalue weighted by Crippen LogP contribution is -2.55. The van der Waals surface area contributed by atoms with E-state index in [-0.39, 0.29) is 36.7 Å². The molecular formula is C17H21NO6. The molecule has 0 saturated carbocycles. The highest BCUT2D eigenvalue weighted by atomic mass is 16.7. The van der Waals surface area contributed by atoms with Crippen LogP contribution in [-0.2, 0) is 35.1 Å². The molecule has 0 aliphatic carbocycles. The van der Waals surface area contributed by atoms with Crippen LogP contribution in [-0.4, -0.2) is 49.1 Å². The van der Waals surface area contributed by atoms with Crippen molar-refractivity contribution in [3.63, 3.8) is 0 Å². The maximum atomic E-state index is 11.4. The van der Waals surface area contributed by atoms with E-state index in [4.69, 9.17) is 18.9 Å². The Kier molecular flexibility index (Phi) is 5.13. The van der Waals surface area contributed by atoms with Crippen molar-refractivity contribution in [2.24, 2.45) is 0 Å². The molecular weight excluding hydrogens is 314 g/mol. The van der Waals surface area contributed by atoms with E-state index in [9.17, 15) is 9.59 Å². The van der Waals surface area contributed by atoms with Gasteiger partial charge in [-0.1, -0.05) is 30.3 Å². The van der Waals surface area contributed by atoms with E-state index in [1.807, 2.05) is 30.3 Å². The first-order valence-corrected chi connectivity index (χ1v) is 7.91. The molecule has 0 bridgehead atoms. The summed E-state index contributed by atoms with van der Waals surface area (Å²) in [6, 6.07) is 9.29. The highest BCUT2D eigenvalue weighted by molar-refractivity contribution is 5.73. The summed E-state index contributed by atoms with van der Waals surface area (Å²) in [6.07, 6.45) is -1.45. The smallest absolute Gasteiger partial charge is 0.302 e. The highest BCUT2D eigenvalue weighted by Crippen LogP contribution is 2.38. The van der Waals surface area contributed by atoms with E-state index >= 15 is 0 Å². The summed E-state index contributed by atoms with van der Waals surface area (Å²) in [5, 5.41) is 2.82. The zero-order valence-electron chi connectivity index (χ0n) is 13.6. The number of amides is 1. The Morgan fingerprint density at radius 2 is 1.88 bits per heavy atom. The molecule has 2 aliphatic rings. The molecule has 2 heterocycles. The van der Waals surface area contributed by atoms with Crippen molar-refractivity contribution in [3.05, 3.63) is 35.9 Å². The van der Waals surface area contributed by atoms with Crippen LogP contribution in [0.2, 0.25) is 0 Å². The highest BCUT2D eigenvalue weighted by Gasteiger charge is 2.58. The Morgan fingerprint density at radius 1 is 1.12 bits per heavy atom. The lowest BCUT2D eigenvalue weighted by Gasteiger charge is -2.33. The molecule has 7 nitrogen and oxygen atoms in total. The van der Waals surface area contributed by atoms with Gasteiger partial charge in [0, 0.05) is 13.8 Å². The minimum Gasteiger partial charge on any atom is -0.463 e. The topological polar surface area (TPSA) is 86.4 Å². The average molecular weight is 335 g/mol. The van der Waals surface area contributed by atoms with Crippen molar-refractivity contribution in [2.45, 2.75) is 51.1 Å². The van der Waals surface area contributed by atoms with Crippen molar-refractivity contribution in [1.29, 1.82) is 0 Å². The van der Waals surface area contributed by atoms with E-state index in [0.29, 0.717) is 6.61 Å². The van der Waals surface area contributed by atoms with Crippen molar-refractivity contribution in [2.75, 3.05) is 6.61 Å². The van der Waals surface area contributed by atoms with Crippen molar-refractivity contribution in [1.82, 2.24) is 5.32 Å². The van der Waals surface area contributed by atoms with E-state index < -0.39 is 12.4 Å². The van der Waals surface area contributed by atoms with Gasteiger partial charge in [0.05, 0.1) is 6.61 Å². The summed E-state index contributed by atoms with van der Waals surface area (Å²) in [4.78, 5) is 22.4. The normalized spacial score (nSPS) is 31.0. The monoisotopic (exact) mass is 335 g/mol. The largest absolute Gasteiger partial charge is 0.463 e. The lowest BCUT2D eigenvalue weighted by molar-refractivity contribution is -0.214. The van der Waals surface area contributed by atoms with Gasteiger partial charge in [-0.15, -0.1) is 0 Å². The van der Waals surface area contributed by atoms with Gasteiger partial charge < -0.3 is 24.3 Å². The number of esters is 1. The van der Waals surface area contributed by atoms with Crippen LogP contribution in [0.4, 0.5) is 0 Å². The maximum absolute atomic E-state index is 11.4. The number of carbonyl (C=O) groups excluding carboxylic acids is 2. The second-order valence-electron chi connectivity index (χ2n) is 5.93. The fraction of sp³-hybridized carbons (Fsp3) is 0.529. The molecule has 2 aliphatic heterocycles. The molecule has 2 fully saturated rings. The van der Waals surface area contributed by atoms with Crippen molar-refractivity contribution >= 4 is 11.9 Å². The Morgan fingerprint density at radius 3 is 2.54 bits per heavy atom. The van der Waals surface area contributed by atoms with Gasteiger partial charge in [0.15, 0.2) is 6.29 Å². The second-order valence-corrected chi connectivity index (χ2v) is 5.93. The Hall–Kier alpha value is -1.96. The molecule has 0 unspecified atom stereocenters. The number of rotatable bonds is 6. The summed E-state index contributed by atoms with van der Waals surface area (Å²) in [6.45, 7) is 3.24. The molecule has 0 radical (unpaired) electrons. The van der Waals surface area contributed by atoms with Gasteiger partial charge in [0.1, 0.15) is 31.0 Å². The summed E-state index contributed by atoms with van der Waals surface area (Å²) in [7, 11) is 0. The predicted molar refractivity (Wildman–Crippen MR) is 82.8 cm³/mol. The molecule has 1 aromatic carbocycles. The van der Waals surface area contributed by atoms with E-state index in [1.165, 1.54) is 13.8 Å². The van der Waals surface area contributed by atoms with Gasteiger partial charge >= 0.3 is 5.97 Å². The number of carbonyl (C=O) groups is 2. The number of fused-ring (bicyclic) bond motifs is 1. The SMILES string of the molecule is CC(=O)N[C@@H]1[C@@H](OCc2ccccc2)O[C@@H](COC(C)=O)[C@@H]2O[C@@H]12. The molecule has 3 rings (SSSR count). The third-order valence-electron chi connectivity index (χ3n) is 3.96. The Balaban J connectivity index is 1.64. The van der Waals surface area contributed by atoms with Crippen molar-refractivity contribution < 1.29 is 28.5 Å². The first-order chi connectivity index (χ1) is 11.5. The molecule has 130 valence electrons. The van der Waals surface area contributed by atoms with Gasteiger partial charge in [-0.05, 0) is 5.56 Å². The minimum absolute atomic E-state index is 0.106. The van der Waals surface area contributed by atoms with Crippen LogP contribution in [0, 0.1) is 0 Å². The number of ether oxygens (including phenoxy) is 4. The third kappa shape index (κ3) is 4.11. The summed E-state index contributed by atoms with van der Waals surface area (Å²) in [5.74, 6) is -0.550. The second kappa shape index (κ2) is 7.29. The molecule has 2 saturated heterocycles. The molecule has 1 aromatic rings. The molecule has 0 aromatic heterocycles. The zero-order valence-corrected chi connectivity index (χ0v) is 13.6. The number of benzene rings is 1. The quantitative estimate of drug-likeness (QED) is 0.610. The van der Waals surface area contributed by atoms with Gasteiger partial charge in [0.2, 0.25) is 5.91 Å². The van der Waals surface area contributed by atoms with Gasteiger partial charge in [0.25, 0.3) is 0 Å². The third-order valence-corrected chi connectivity index (χ3v) is 3.96. The van der Waals surface area contributed by atoms with E-state index in [2.05, 4.69) is 5.32 Å². The molecule has 24 heavy (non-hydrogen) atoms. The average Bonchev–Trinajstić information content (AvgIpc) is 3.34. The van der Waals surface area contributed by atoms with Crippen LogP contribution in [0.5, 0.6) is 0 Å². The fourth-order valence-electron chi connectivity index (χ4n) is 2.83. The van der Waals surface area contributed by atoms with Crippen LogP contribution in [0.15, 0.2) is 30.3 Å². The van der Waals surface area contributed by atoms with Crippen LogP contribution >= 0.6 is 0 Å². The summed E-state index contributed by atoms with van der Waals surface area (Å²) >= 11 is 0. The lowest BCUT2D eigenvalue weighted by atomic mass is 10.0. The first kappa shape index (κ1) is 16.9. The van der Waals surface area contributed by atoms with Gasteiger partial charge in [-0.2, -0.15) is 0 Å². The zero-order chi connectivity index (χ0) is 17.1. The molecule has 1 amide bonds. The van der Waals surface area contributed by atoms with Crippen LogP contribution < -0.4 is 5.32 Å². The number of hydrogen-bond acceptors (Lipinski definition) is 6. The fourth-order valence-corrected chi connectivity index (χ4v) is 2.83. The van der Waals surface area contributed by atoms with Gasteiger partial charge in [-0.25, -0.2) is 0 Å². The molecule has 7 heteroatoms. The molecule has 0 spiro atoms. The Labute approximate surface area is 140 Å². The van der Waals surface area contributed by atoms with E-state index in [0.717, 1.165) is 5.56 Å². The standard InChI is InChI=1S/C17H21NO6/c1-10(19)18-14-16-15(24-16)13(9-21-11(2)20)23-17(14)22-8-12-6-4-3-5-7-12/h3-7,13-17H,8-9H2,1-2H3,(H,18,19)/t13-,14-,15-,16-,17-/m0/s1. The van der Waals surface area contributed by atoms with Crippen LogP contribution in [0.1, 0.15) is 19.4 Å². The van der Waals surface area contributed by atoms with Crippen LogP contribution in [0.25, 0.3) is 0 Å². The van der Waals surface area contributed by atoms with E-state index in [1.54, 1.807) is 0 Å². The Bertz CT molecular complexity index is 592. The number of nitrogens with one attached hydrogen (secondary N) is 1. The summed E-state index contributed by atoms with van der Waals surface area (Å²) in [5.41, 5.74) is 0.998. The summed E-state index contributed by atoms with van der Waals surface area (Å²) < 4.78 is 22.4. The van der Waals surface area contributed by atoms with Gasteiger partial charge in [-0.3, -0.25) is 9.59 Å². The number of epoxide rings is 1. The molecule has 5 atom stereocenters. The number of hydrogen-bond donors (Lipinski definition) is 1. The maximum Gasteiger partial charge on any atom is 0.302 e. The predicted octanol–water partition coefficient (Wildman–Crippen LogP) is 0.763. The van der Waals surface area contributed by atoms with Crippen LogP contribution in [0.3, 0.4) is 0 Å².